The number of nitrogens with zero attached hydrogens (tertiary/aromatic N) is 2. The smallest absolute Gasteiger partial charge is 0.303 e. The van der Waals surface area contributed by atoms with E-state index in [-0.39, 0.29) is 36.0 Å². The van der Waals surface area contributed by atoms with E-state index in [1.54, 1.807) is 53.4 Å². The SMILES string of the molecule is N=C(N)c1ccc(CCC(=O)N2CCCc3cc(N(CCCC(=O)O)S(=O)(=O)c4cccc5ccccc45)ccc32)cc1. The maximum absolute atomic E-state index is 14.1. The first-order valence-electron chi connectivity index (χ1n) is 14.2. The summed E-state index contributed by atoms with van der Waals surface area (Å²) in [6.45, 7) is 0.576. The monoisotopic (exact) mass is 598 g/mol. The lowest BCUT2D eigenvalue weighted by Gasteiger charge is -2.32. The first kappa shape index (κ1) is 29.8. The Hall–Kier alpha value is -4.70. The van der Waals surface area contributed by atoms with Gasteiger partial charge in [0.15, 0.2) is 0 Å². The summed E-state index contributed by atoms with van der Waals surface area (Å²) in [6, 6.07) is 25.0. The molecule has 222 valence electrons. The molecule has 4 aromatic carbocycles. The van der Waals surface area contributed by atoms with Crippen molar-refractivity contribution in [2.75, 3.05) is 22.3 Å². The lowest BCUT2D eigenvalue weighted by Crippen LogP contribution is -2.36. The molecule has 0 aliphatic carbocycles. The quantitative estimate of drug-likeness (QED) is 0.162. The summed E-state index contributed by atoms with van der Waals surface area (Å²) >= 11 is 0. The second-order valence-electron chi connectivity index (χ2n) is 10.6. The number of carbonyl (C=O) groups excluding carboxylic acids is 1. The van der Waals surface area contributed by atoms with Gasteiger partial charge in [-0.25, -0.2) is 8.42 Å². The number of anilines is 2. The molecule has 0 fully saturated rings. The number of aliphatic carboxylic acids is 1. The van der Waals surface area contributed by atoms with Crippen LogP contribution in [0.1, 0.15) is 42.4 Å². The molecule has 0 unspecified atom stereocenters. The molecule has 1 aliphatic heterocycles. The van der Waals surface area contributed by atoms with E-state index in [1.807, 2.05) is 36.4 Å². The minimum absolute atomic E-state index is 0.00169. The molecule has 4 N–H and O–H groups in total. The molecule has 43 heavy (non-hydrogen) atoms. The van der Waals surface area contributed by atoms with E-state index in [0.29, 0.717) is 42.4 Å². The number of nitrogens with two attached hydrogens (primary N) is 1. The fourth-order valence-electron chi connectivity index (χ4n) is 5.54. The summed E-state index contributed by atoms with van der Waals surface area (Å²) in [6.07, 6.45) is 2.26. The molecule has 0 saturated carbocycles. The van der Waals surface area contributed by atoms with Gasteiger partial charge >= 0.3 is 5.97 Å². The van der Waals surface area contributed by atoms with Gasteiger partial charge in [0.05, 0.1) is 10.6 Å². The molecule has 0 bridgehead atoms. The number of rotatable bonds is 11. The van der Waals surface area contributed by atoms with E-state index in [9.17, 15) is 23.1 Å². The maximum Gasteiger partial charge on any atom is 0.303 e. The van der Waals surface area contributed by atoms with Crippen LogP contribution in [-0.4, -0.2) is 44.3 Å². The fraction of sp³-hybridized carbons (Fsp3) is 0.242. The van der Waals surface area contributed by atoms with Crippen molar-refractivity contribution in [1.29, 1.82) is 5.41 Å². The molecule has 1 amide bonds. The highest BCUT2D eigenvalue weighted by atomic mass is 32.2. The van der Waals surface area contributed by atoms with Gasteiger partial charge in [-0.05, 0) is 66.5 Å². The lowest BCUT2D eigenvalue weighted by molar-refractivity contribution is -0.137. The molecule has 5 rings (SSSR count). The lowest BCUT2D eigenvalue weighted by atomic mass is 9.99. The van der Waals surface area contributed by atoms with Gasteiger partial charge in [-0.3, -0.25) is 19.3 Å². The molecule has 4 aromatic rings. The number of nitrogen functional groups attached to an aromatic ring is 1. The highest BCUT2D eigenvalue weighted by Gasteiger charge is 2.29. The van der Waals surface area contributed by atoms with Crippen LogP contribution >= 0.6 is 0 Å². The number of fused-ring (bicyclic) bond motifs is 2. The predicted octanol–water partition coefficient (Wildman–Crippen LogP) is 5.10. The number of amides is 1. The molecule has 0 spiro atoms. The second kappa shape index (κ2) is 12.7. The van der Waals surface area contributed by atoms with Crippen LogP contribution in [0.25, 0.3) is 10.8 Å². The van der Waals surface area contributed by atoms with Crippen molar-refractivity contribution >= 4 is 49.9 Å². The average Bonchev–Trinajstić information content (AvgIpc) is 3.01. The topological polar surface area (TPSA) is 145 Å². The Morgan fingerprint density at radius 3 is 2.44 bits per heavy atom. The number of nitrogens with one attached hydrogen (secondary N) is 1. The molecular formula is C33H34N4O5S. The molecule has 1 aliphatic rings. The van der Waals surface area contributed by atoms with Gasteiger partial charge in [0.1, 0.15) is 5.84 Å². The van der Waals surface area contributed by atoms with E-state index >= 15 is 0 Å². The molecule has 0 radical (unpaired) electrons. The van der Waals surface area contributed by atoms with Crippen LogP contribution in [-0.2, 0) is 32.5 Å². The summed E-state index contributed by atoms with van der Waals surface area (Å²) in [5, 5.41) is 18.2. The van der Waals surface area contributed by atoms with Crippen molar-refractivity contribution in [1.82, 2.24) is 0 Å². The summed E-state index contributed by atoms with van der Waals surface area (Å²) in [5.74, 6) is -1.01. The Bertz CT molecular complexity index is 1780. The zero-order valence-electron chi connectivity index (χ0n) is 23.7. The normalized spacial score (nSPS) is 13.0. The van der Waals surface area contributed by atoms with E-state index in [1.165, 1.54) is 4.31 Å². The molecule has 0 atom stereocenters. The van der Waals surface area contributed by atoms with Gasteiger partial charge in [0.25, 0.3) is 10.0 Å². The Kier molecular flexibility index (Phi) is 8.77. The maximum atomic E-state index is 14.1. The number of amidine groups is 1. The Balaban J connectivity index is 1.42. The highest BCUT2D eigenvalue weighted by Crippen LogP contribution is 2.35. The van der Waals surface area contributed by atoms with Crippen molar-refractivity contribution in [3.63, 3.8) is 0 Å². The Morgan fingerprint density at radius 1 is 0.953 bits per heavy atom. The molecule has 9 nitrogen and oxygen atoms in total. The molecule has 0 aromatic heterocycles. The van der Waals surface area contributed by atoms with Crippen molar-refractivity contribution in [2.45, 2.75) is 43.4 Å². The molecule has 1 heterocycles. The molecule has 0 saturated heterocycles. The first-order valence-corrected chi connectivity index (χ1v) is 15.7. The number of carbonyl (C=O) groups is 2. The summed E-state index contributed by atoms with van der Waals surface area (Å²) in [4.78, 5) is 26.5. The summed E-state index contributed by atoms with van der Waals surface area (Å²) in [7, 11) is -4.04. The minimum atomic E-state index is -4.04. The molecule has 10 heteroatoms. The van der Waals surface area contributed by atoms with Crippen molar-refractivity contribution in [3.05, 3.63) is 102 Å². The van der Waals surface area contributed by atoms with Crippen molar-refractivity contribution in [2.24, 2.45) is 5.73 Å². The number of carboxylic acids is 1. The Labute approximate surface area is 251 Å². The zero-order valence-corrected chi connectivity index (χ0v) is 24.5. The third kappa shape index (κ3) is 6.54. The standard InChI is InChI=1S/C33H34N4O5S/c34-33(35)25-15-12-23(13-16-25)14-19-31(38)36-20-4-8-26-22-27(17-18-29(26)36)37(21-5-11-32(39)40)43(41,42)30-10-3-7-24-6-1-2-9-28(24)30/h1-3,6-7,9-10,12-13,15-18,22H,4-5,8,11,14,19-21H2,(H3,34,35)(H,39,40). The van der Waals surface area contributed by atoms with Crippen LogP contribution < -0.4 is 14.9 Å². The number of hydrogen-bond donors (Lipinski definition) is 3. The van der Waals surface area contributed by atoms with Crippen molar-refractivity contribution < 1.29 is 23.1 Å². The van der Waals surface area contributed by atoms with Crippen LogP contribution in [0, 0.1) is 5.41 Å². The summed E-state index contributed by atoms with van der Waals surface area (Å²) < 4.78 is 29.6. The number of aryl methyl sites for hydroxylation is 2. The van der Waals surface area contributed by atoms with Gasteiger partial charge in [-0.15, -0.1) is 0 Å². The van der Waals surface area contributed by atoms with Gasteiger partial charge in [-0.2, -0.15) is 0 Å². The van der Waals surface area contributed by atoms with E-state index < -0.39 is 16.0 Å². The number of sulfonamides is 1. The van der Waals surface area contributed by atoms with Gasteiger partial charge < -0.3 is 15.7 Å². The third-order valence-electron chi connectivity index (χ3n) is 7.73. The predicted molar refractivity (Wildman–Crippen MR) is 168 cm³/mol. The summed E-state index contributed by atoms with van der Waals surface area (Å²) in [5.41, 5.74) is 9.22. The molecular weight excluding hydrogens is 564 g/mol. The van der Waals surface area contributed by atoms with Crippen LogP contribution in [0.2, 0.25) is 0 Å². The third-order valence-corrected chi connectivity index (χ3v) is 9.62. The largest absolute Gasteiger partial charge is 0.481 e. The number of benzene rings is 4. The zero-order chi connectivity index (χ0) is 30.6. The number of hydrogen-bond acceptors (Lipinski definition) is 5. The fourth-order valence-corrected chi connectivity index (χ4v) is 7.25. The second-order valence-corrected chi connectivity index (χ2v) is 12.5. The van der Waals surface area contributed by atoms with Crippen LogP contribution in [0.15, 0.2) is 89.8 Å². The van der Waals surface area contributed by atoms with Crippen LogP contribution in [0.3, 0.4) is 0 Å². The van der Waals surface area contributed by atoms with Crippen LogP contribution in [0.5, 0.6) is 0 Å². The van der Waals surface area contributed by atoms with Gasteiger partial charge in [-0.1, -0.05) is 60.7 Å². The van der Waals surface area contributed by atoms with Crippen molar-refractivity contribution in [3.8, 4) is 0 Å². The van der Waals surface area contributed by atoms with E-state index in [2.05, 4.69) is 0 Å². The Morgan fingerprint density at radius 2 is 1.70 bits per heavy atom. The first-order chi connectivity index (χ1) is 20.6. The number of carboxylic acid groups (broad SMARTS) is 1. The van der Waals surface area contributed by atoms with Crippen LogP contribution in [0.4, 0.5) is 11.4 Å². The highest BCUT2D eigenvalue weighted by molar-refractivity contribution is 7.93. The van der Waals surface area contributed by atoms with E-state index in [0.717, 1.165) is 28.6 Å². The van der Waals surface area contributed by atoms with E-state index in [4.69, 9.17) is 11.1 Å². The van der Waals surface area contributed by atoms with Gasteiger partial charge in [0.2, 0.25) is 5.91 Å². The van der Waals surface area contributed by atoms with Gasteiger partial charge in [0, 0.05) is 42.6 Å². The minimum Gasteiger partial charge on any atom is -0.481 e. The average molecular weight is 599 g/mol.